The van der Waals surface area contributed by atoms with Gasteiger partial charge in [-0.15, -0.1) is 0 Å². The number of carbonyl (C=O) groups is 1. The van der Waals surface area contributed by atoms with E-state index < -0.39 is 0 Å². The number of aryl methyl sites for hydroxylation is 1. The van der Waals surface area contributed by atoms with Crippen LogP contribution in [0, 0.1) is 6.92 Å². The lowest BCUT2D eigenvalue weighted by Gasteiger charge is -2.35. The first kappa shape index (κ1) is 19.0. The highest BCUT2D eigenvalue weighted by atomic mass is 16.2. The van der Waals surface area contributed by atoms with E-state index in [-0.39, 0.29) is 11.8 Å². The molecule has 8 nitrogen and oxygen atoms in total. The molecule has 2 aromatic heterocycles. The van der Waals surface area contributed by atoms with Crippen LogP contribution in [-0.4, -0.2) is 68.5 Å². The summed E-state index contributed by atoms with van der Waals surface area (Å²) in [4.78, 5) is 30.9. The lowest BCUT2D eigenvalue weighted by molar-refractivity contribution is 0.0648. The molecule has 2 saturated heterocycles. The topological polar surface area (TPSA) is 93.2 Å². The first-order valence-electron chi connectivity index (χ1n) is 10.6. The number of anilines is 1. The van der Waals surface area contributed by atoms with Gasteiger partial charge in [-0.25, -0.2) is 15.0 Å². The summed E-state index contributed by atoms with van der Waals surface area (Å²) < 4.78 is 1.94. The summed E-state index contributed by atoms with van der Waals surface area (Å²) >= 11 is 0. The van der Waals surface area contributed by atoms with Crippen molar-refractivity contribution in [1.29, 1.82) is 0 Å². The molecule has 4 heterocycles. The van der Waals surface area contributed by atoms with Gasteiger partial charge >= 0.3 is 0 Å². The number of amides is 1. The van der Waals surface area contributed by atoms with Crippen LogP contribution in [0.4, 0.5) is 5.82 Å². The minimum atomic E-state index is 0.143. The number of likely N-dealkylation sites (tertiary alicyclic amines) is 2. The lowest BCUT2D eigenvalue weighted by Crippen LogP contribution is -2.43. The number of imidazole rings is 1. The van der Waals surface area contributed by atoms with E-state index in [9.17, 15) is 4.79 Å². The van der Waals surface area contributed by atoms with Crippen molar-refractivity contribution < 1.29 is 4.79 Å². The van der Waals surface area contributed by atoms with Crippen molar-refractivity contribution in [1.82, 2.24) is 29.3 Å². The summed E-state index contributed by atoms with van der Waals surface area (Å²) in [5, 5.41) is 0. The third-order valence-corrected chi connectivity index (χ3v) is 6.39. The molecule has 30 heavy (non-hydrogen) atoms. The Morgan fingerprint density at radius 3 is 2.67 bits per heavy atom. The summed E-state index contributed by atoms with van der Waals surface area (Å²) in [6, 6.07) is 3.80. The summed E-state index contributed by atoms with van der Waals surface area (Å²) in [6.07, 6.45) is 6.51. The van der Waals surface area contributed by atoms with E-state index in [4.69, 9.17) is 10.7 Å². The Balaban J connectivity index is 1.72. The smallest absolute Gasteiger partial charge is 0.254 e. The van der Waals surface area contributed by atoms with E-state index in [2.05, 4.69) is 28.0 Å². The fourth-order valence-corrected chi connectivity index (χ4v) is 4.75. The lowest BCUT2D eigenvalue weighted by atomic mass is 9.84. The van der Waals surface area contributed by atoms with E-state index in [0.29, 0.717) is 11.6 Å². The molecule has 2 aliphatic heterocycles. The molecule has 1 unspecified atom stereocenters. The fourth-order valence-electron chi connectivity index (χ4n) is 4.75. The van der Waals surface area contributed by atoms with E-state index in [1.165, 1.54) is 6.33 Å². The molecule has 0 radical (unpaired) electrons. The van der Waals surface area contributed by atoms with Crippen molar-refractivity contribution in [2.24, 2.45) is 0 Å². The van der Waals surface area contributed by atoms with Crippen LogP contribution >= 0.6 is 0 Å². The Morgan fingerprint density at radius 2 is 1.97 bits per heavy atom. The van der Waals surface area contributed by atoms with Crippen LogP contribution in [0.3, 0.4) is 0 Å². The van der Waals surface area contributed by atoms with Gasteiger partial charge in [-0.3, -0.25) is 9.36 Å². The minimum absolute atomic E-state index is 0.143. The Morgan fingerprint density at radius 1 is 1.13 bits per heavy atom. The highest BCUT2D eigenvalue weighted by Gasteiger charge is 2.32. The van der Waals surface area contributed by atoms with Crippen molar-refractivity contribution >= 4 is 22.8 Å². The second-order valence-electron chi connectivity index (χ2n) is 8.51. The maximum atomic E-state index is 13.4. The van der Waals surface area contributed by atoms with Crippen LogP contribution in [0.2, 0.25) is 0 Å². The van der Waals surface area contributed by atoms with Crippen molar-refractivity contribution in [2.75, 3.05) is 39.0 Å². The van der Waals surface area contributed by atoms with E-state index in [0.717, 1.165) is 73.2 Å². The van der Waals surface area contributed by atoms with Gasteiger partial charge in [0.15, 0.2) is 0 Å². The van der Waals surface area contributed by atoms with Crippen molar-refractivity contribution in [3.63, 3.8) is 0 Å². The SMILES string of the molecule is Cc1cc2c(ncn2-c2cc(N)ncn2)c(C2CCCN(C)C2)c1C(=O)N1CCC1. The standard InChI is InChI=1S/C22H27N7O/c1-14-9-16-21(26-13-29(16)18-10-17(23)24-12-25-18)20(15-5-3-6-27(2)11-15)19(14)22(30)28-7-4-8-28/h9-10,12-13,15H,3-8,11H2,1-2H3,(H2,23,24,25). The molecule has 1 atom stereocenters. The molecule has 8 heteroatoms. The van der Waals surface area contributed by atoms with Gasteiger partial charge in [-0.2, -0.15) is 0 Å². The van der Waals surface area contributed by atoms with Crippen LogP contribution in [0.15, 0.2) is 24.8 Å². The second kappa shape index (κ2) is 7.36. The van der Waals surface area contributed by atoms with Gasteiger partial charge in [0, 0.05) is 31.3 Å². The number of carbonyl (C=O) groups excluding carboxylic acids is 1. The molecular formula is C22H27N7O. The third-order valence-electron chi connectivity index (χ3n) is 6.39. The maximum Gasteiger partial charge on any atom is 0.254 e. The summed E-state index contributed by atoms with van der Waals surface area (Å²) in [6.45, 7) is 5.75. The number of hydrogen-bond acceptors (Lipinski definition) is 6. The average Bonchev–Trinajstić information content (AvgIpc) is 3.08. The van der Waals surface area contributed by atoms with Gasteiger partial charge in [0.05, 0.1) is 11.0 Å². The van der Waals surface area contributed by atoms with Crippen LogP contribution in [0.5, 0.6) is 0 Å². The van der Waals surface area contributed by atoms with Crippen molar-refractivity contribution in [3.05, 3.63) is 41.5 Å². The zero-order valence-electron chi connectivity index (χ0n) is 17.5. The van der Waals surface area contributed by atoms with Crippen LogP contribution in [0.1, 0.15) is 46.7 Å². The molecule has 1 amide bonds. The van der Waals surface area contributed by atoms with Gasteiger partial charge < -0.3 is 15.5 Å². The normalized spacial score (nSPS) is 19.8. The maximum absolute atomic E-state index is 13.4. The number of fused-ring (bicyclic) bond motifs is 1. The fraction of sp³-hybridized carbons (Fsp3) is 0.455. The van der Waals surface area contributed by atoms with Crippen LogP contribution in [0.25, 0.3) is 16.9 Å². The number of benzene rings is 1. The van der Waals surface area contributed by atoms with Gasteiger partial charge in [0.25, 0.3) is 5.91 Å². The molecular weight excluding hydrogens is 378 g/mol. The highest BCUT2D eigenvalue weighted by molar-refractivity contribution is 6.02. The zero-order chi connectivity index (χ0) is 20.8. The summed E-state index contributed by atoms with van der Waals surface area (Å²) in [7, 11) is 2.15. The number of likely N-dealkylation sites (N-methyl/N-ethyl adjacent to an activating group) is 1. The first-order chi connectivity index (χ1) is 14.5. The zero-order valence-corrected chi connectivity index (χ0v) is 17.5. The highest BCUT2D eigenvalue weighted by Crippen LogP contribution is 2.37. The van der Waals surface area contributed by atoms with Crippen LogP contribution < -0.4 is 5.73 Å². The summed E-state index contributed by atoms with van der Waals surface area (Å²) in [5.74, 6) is 1.52. The molecule has 0 aliphatic carbocycles. The number of nitrogens with zero attached hydrogens (tertiary/aromatic N) is 6. The molecule has 5 rings (SSSR count). The third kappa shape index (κ3) is 3.11. The Kier molecular flexibility index (Phi) is 4.66. The molecule has 2 N–H and O–H groups in total. The predicted octanol–water partition coefficient (Wildman–Crippen LogP) is 2.36. The first-order valence-corrected chi connectivity index (χ1v) is 10.6. The number of hydrogen-bond donors (Lipinski definition) is 1. The molecule has 3 aromatic rings. The quantitative estimate of drug-likeness (QED) is 0.719. The number of aromatic nitrogens is 4. The average molecular weight is 406 g/mol. The van der Waals surface area contributed by atoms with Gasteiger partial charge in [-0.05, 0) is 62.9 Å². The Labute approximate surface area is 175 Å². The Bertz CT molecular complexity index is 1120. The van der Waals surface area contributed by atoms with Gasteiger partial charge in [-0.1, -0.05) is 0 Å². The molecule has 2 fully saturated rings. The predicted molar refractivity (Wildman–Crippen MR) is 116 cm³/mol. The van der Waals surface area contributed by atoms with Crippen molar-refractivity contribution in [3.8, 4) is 5.82 Å². The van der Waals surface area contributed by atoms with E-state index in [1.807, 2.05) is 16.4 Å². The molecule has 0 saturated carbocycles. The van der Waals surface area contributed by atoms with Gasteiger partial charge in [0.2, 0.25) is 0 Å². The van der Waals surface area contributed by atoms with Crippen LogP contribution in [-0.2, 0) is 0 Å². The molecule has 2 aliphatic rings. The van der Waals surface area contributed by atoms with E-state index >= 15 is 0 Å². The summed E-state index contributed by atoms with van der Waals surface area (Å²) in [5.41, 5.74) is 10.6. The second-order valence-corrected chi connectivity index (χ2v) is 8.51. The number of nitrogen functional groups attached to an aromatic ring is 1. The molecule has 0 bridgehead atoms. The Hall–Kier alpha value is -3.00. The molecule has 156 valence electrons. The number of piperidine rings is 1. The molecule has 1 aromatic carbocycles. The molecule has 0 spiro atoms. The minimum Gasteiger partial charge on any atom is -0.384 e. The van der Waals surface area contributed by atoms with Crippen molar-refractivity contribution in [2.45, 2.75) is 32.1 Å². The van der Waals surface area contributed by atoms with E-state index in [1.54, 1.807) is 12.4 Å². The van der Waals surface area contributed by atoms with Gasteiger partial charge in [0.1, 0.15) is 24.3 Å². The number of rotatable bonds is 3. The largest absolute Gasteiger partial charge is 0.384 e. The monoisotopic (exact) mass is 405 g/mol. The number of nitrogens with two attached hydrogens (primary N) is 1.